The number of hydrogen-bond donors (Lipinski definition) is 0. The molecular weight excluding hydrogens is 296 g/mol. The van der Waals surface area contributed by atoms with Crippen molar-refractivity contribution in [1.29, 1.82) is 0 Å². The molecule has 0 spiro atoms. The Labute approximate surface area is 141 Å². The molecule has 0 aliphatic rings. The lowest BCUT2D eigenvalue weighted by Crippen LogP contribution is -2.02. The number of aromatic nitrogens is 2. The van der Waals surface area contributed by atoms with Gasteiger partial charge in [-0.2, -0.15) is 0 Å². The zero-order valence-electron chi connectivity index (χ0n) is 14.2. The molecule has 4 aromatic rings. The summed E-state index contributed by atoms with van der Waals surface area (Å²) < 4.78 is 5.94. The van der Waals surface area contributed by atoms with Crippen molar-refractivity contribution in [2.75, 3.05) is 0 Å². The van der Waals surface area contributed by atoms with Crippen molar-refractivity contribution in [2.45, 2.75) is 26.7 Å². The minimum absolute atomic E-state index is 0.495. The van der Waals surface area contributed by atoms with Gasteiger partial charge in [0.15, 0.2) is 5.58 Å². The predicted molar refractivity (Wildman–Crippen MR) is 98.0 cm³/mol. The number of rotatable bonds is 3. The van der Waals surface area contributed by atoms with Crippen molar-refractivity contribution < 1.29 is 4.42 Å². The fraction of sp³-hybridized carbons (Fsp3) is 0.238. The molecule has 0 fully saturated rings. The summed E-state index contributed by atoms with van der Waals surface area (Å²) in [6.45, 7) is 6.74. The molecule has 0 saturated heterocycles. The highest BCUT2D eigenvalue weighted by atomic mass is 16.3. The zero-order valence-corrected chi connectivity index (χ0v) is 14.2. The molecular formula is C21H20N2O. The Morgan fingerprint density at radius 2 is 1.75 bits per heavy atom. The van der Waals surface area contributed by atoms with Crippen LogP contribution in [0.4, 0.5) is 0 Å². The van der Waals surface area contributed by atoms with Gasteiger partial charge in [0.2, 0.25) is 0 Å². The van der Waals surface area contributed by atoms with E-state index in [0.29, 0.717) is 11.8 Å². The van der Waals surface area contributed by atoms with Gasteiger partial charge in [-0.1, -0.05) is 32.9 Å². The van der Waals surface area contributed by atoms with Gasteiger partial charge in [0, 0.05) is 23.3 Å². The second-order valence-electron chi connectivity index (χ2n) is 6.68. The zero-order chi connectivity index (χ0) is 16.7. The van der Waals surface area contributed by atoms with Gasteiger partial charge in [-0.3, -0.25) is 9.97 Å². The Morgan fingerprint density at radius 1 is 0.917 bits per heavy atom. The maximum Gasteiger partial charge on any atom is 0.154 e. The second kappa shape index (κ2) is 5.75. The number of pyridine rings is 2. The van der Waals surface area contributed by atoms with E-state index in [2.05, 4.69) is 42.9 Å². The average Bonchev–Trinajstić information content (AvgIpc) is 2.98. The highest BCUT2D eigenvalue weighted by Gasteiger charge is 2.13. The number of nitrogens with zero attached hydrogens (tertiary/aromatic N) is 2. The van der Waals surface area contributed by atoms with Crippen molar-refractivity contribution in [3.63, 3.8) is 0 Å². The molecule has 24 heavy (non-hydrogen) atoms. The van der Waals surface area contributed by atoms with Crippen LogP contribution in [0.3, 0.4) is 0 Å². The van der Waals surface area contributed by atoms with Crippen LogP contribution in [0.15, 0.2) is 59.3 Å². The van der Waals surface area contributed by atoms with Crippen LogP contribution in [0, 0.1) is 5.92 Å². The normalized spacial score (nSPS) is 13.0. The number of hydrogen-bond acceptors (Lipinski definition) is 3. The first-order valence-electron chi connectivity index (χ1n) is 8.37. The Hall–Kier alpha value is -2.68. The monoisotopic (exact) mass is 316 g/mol. The van der Waals surface area contributed by atoms with Gasteiger partial charge >= 0.3 is 0 Å². The van der Waals surface area contributed by atoms with E-state index >= 15 is 0 Å². The molecule has 0 saturated carbocycles. The van der Waals surface area contributed by atoms with E-state index < -0.39 is 0 Å². The predicted octanol–water partition coefficient (Wildman–Crippen LogP) is 5.80. The van der Waals surface area contributed by atoms with Crippen LogP contribution in [0.1, 0.15) is 32.3 Å². The molecule has 1 atom stereocenters. The number of fused-ring (bicyclic) bond motifs is 3. The van der Waals surface area contributed by atoms with Gasteiger partial charge in [-0.15, -0.1) is 0 Å². The first-order chi connectivity index (χ1) is 11.6. The average molecular weight is 316 g/mol. The van der Waals surface area contributed by atoms with Gasteiger partial charge in [-0.05, 0) is 47.7 Å². The van der Waals surface area contributed by atoms with Crippen molar-refractivity contribution in [3.05, 3.63) is 60.4 Å². The second-order valence-corrected chi connectivity index (χ2v) is 6.68. The quantitative estimate of drug-likeness (QED) is 0.479. The SMILES string of the molecule is CC(C)C(C)c1ccnc(-c2cnc3c(c2)oc2ccccc23)c1. The molecule has 0 amide bonds. The Bertz CT molecular complexity index is 1020. The van der Waals surface area contributed by atoms with Gasteiger partial charge in [0.25, 0.3) is 0 Å². The summed E-state index contributed by atoms with van der Waals surface area (Å²) in [6, 6.07) is 14.3. The molecule has 1 aromatic carbocycles. The Kier molecular flexibility index (Phi) is 3.57. The van der Waals surface area contributed by atoms with Crippen molar-refractivity contribution in [2.24, 2.45) is 5.92 Å². The van der Waals surface area contributed by atoms with Crippen molar-refractivity contribution >= 4 is 22.1 Å². The lowest BCUT2D eigenvalue weighted by molar-refractivity contribution is 0.535. The summed E-state index contributed by atoms with van der Waals surface area (Å²) >= 11 is 0. The van der Waals surface area contributed by atoms with Crippen LogP contribution in [0.5, 0.6) is 0 Å². The first kappa shape index (κ1) is 14.9. The highest BCUT2D eigenvalue weighted by molar-refractivity contribution is 6.02. The molecule has 3 heteroatoms. The third kappa shape index (κ3) is 2.46. The molecule has 4 rings (SSSR count). The maximum atomic E-state index is 5.94. The molecule has 0 aliphatic heterocycles. The molecule has 3 nitrogen and oxygen atoms in total. The van der Waals surface area contributed by atoms with E-state index in [9.17, 15) is 0 Å². The molecule has 3 aromatic heterocycles. The van der Waals surface area contributed by atoms with E-state index in [4.69, 9.17) is 4.42 Å². The van der Waals surface area contributed by atoms with E-state index in [1.54, 1.807) is 0 Å². The van der Waals surface area contributed by atoms with Gasteiger partial charge in [0.05, 0.1) is 5.69 Å². The smallest absolute Gasteiger partial charge is 0.154 e. The Morgan fingerprint density at radius 3 is 2.58 bits per heavy atom. The minimum atomic E-state index is 0.495. The summed E-state index contributed by atoms with van der Waals surface area (Å²) in [7, 11) is 0. The fourth-order valence-electron chi connectivity index (χ4n) is 3.01. The van der Waals surface area contributed by atoms with Gasteiger partial charge < -0.3 is 4.42 Å². The van der Waals surface area contributed by atoms with Gasteiger partial charge in [-0.25, -0.2) is 0 Å². The van der Waals surface area contributed by atoms with Crippen LogP contribution in [-0.4, -0.2) is 9.97 Å². The molecule has 120 valence electrons. The largest absolute Gasteiger partial charge is 0.454 e. The summed E-state index contributed by atoms with van der Waals surface area (Å²) in [5.41, 5.74) is 5.81. The third-order valence-corrected chi connectivity index (χ3v) is 4.82. The van der Waals surface area contributed by atoms with Crippen LogP contribution < -0.4 is 0 Å². The number of furan rings is 1. The van der Waals surface area contributed by atoms with Gasteiger partial charge in [0.1, 0.15) is 11.1 Å². The van der Waals surface area contributed by atoms with Crippen LogP contribution >= 0.6 is 0 Å². The molecule has 1 unspecified atom stereocenters. The van der Waals surface area contributed by atoms with Crippen LogP contribution in [0.25, 0.3) is 33.3 Å². The van der Waals surface area contributed by atoms with Crippen LogP contribution in [0.2, 0.25) is 0 Å². The number of para-hydroxylation sites is 1. The number of benzene rings is 1. The Balaban J connectivity index is 1.82. The van der Waals surface area contributed by atoms with Crippen LogP contribution in [-0.2, 0) is 0 Å². The minimum Gasteiger partial charge on any atom is -0.454 e. The summed E-state index contributed by atoms with van der Waals surface area (Å²) in [5, 5.41) is 1.05. The van der Waals surface area contributed by atoms with Crippen molar-refractivity contribution in [3.8, 4) is 11.3 Å². The van der Waals surface area contributed by atoms with E-state index in [0.717, 1.165) is 33.3 Å². The van der Waals surface area contributed by atoms with E-state index in [1.807, 2.05) is 42.7 Å². The summed E-state index contributed by atoms with van der Waals surface area (Å²) in [6.07, 6.45) is 3.77. The van der Waals surface area contributed by atoms with Crippen molar-refractivity contribution in [1.82, 2.24) is 9.97 Å². The fourth-order valence-corrected chi connectivity index (χ4v) is 3.01. The topological polar surface area (TPSA) is 38.9 Å². The summed E-state index contributed by atoms with van der Waals surface area (Å²) in [4.78, 5) is 9.15. The summed E-state index contributed by atoms with van der Waals surface area (Å²) in [5.74, 6) is 1.09. The maximum absolute atomic E-state index is 5.94. The molecule has 0 bridgehead atoms. The highest BCUT2D eigenvalue weighted by Crippen LogP contribution is 2.31. The third-order valence-electron chi connectivity index (χ3n) is 4.82. The molecule has 3 heterocycles. The lowest BCUT2D eigenvalue weighted by Gasteiger charge is -2.16. The van der Waals surface area contributed by atoms with E-state index in [-0.39, 0.29) is 0 Å². The molecule has 0 radical (unpaired) electrons. The molecule has 0 aliphatic carbocycles. The molecule has 0 N–H and O–H groups in total. The standard InChI is InChI=1S/C21H20N2O/c1-13(2)14(3)15-8-9-22-18(10-15)16-11-20-21(23-12-16)17-6-4-5-7-19(17)24-20/h4-14H,1-3H3. The van der Waals surface area contributed by atoms with E-state index in [1.165, 1.54) is 5.56 Å². The lowest BCUT2D eigenvalue weighted by atomic mass is 9.90. The first-order valence-corrected chi connectivity index (χ1v) is 8.37.